The zero-order valence-electron chi connectivity index (χ0n) is 15.3. The molecule has 0 aromatic heterocycles. The Morgan fingerprint density at radius 2 is 1.93 bits per heavy atom. The van der Waals surface area contributed by atoms with Crippen LogP contribution < -0.4 is 5.32 Å². The summed E-state index contributed by atoms with van der Waals surface area (Å²) in [6, 6.07) is 4.77. The molecule has 8 nitrogen and oxygen atoms in total. The number of imide groups is 1. The number of rotatable bonds is 5. The average Bonchev–Trinajstić information content (AvgIpc) is 2.67. The molecule has 28 heavy (non-hydrogen) atoms. The Labute approximate surface area is 160 Å². The summed E-state index contributed by atoms with van der Waals surface area (Å²) in [5.41, 5.74) is 0.409. The summed E-state index contributed by atoms with van der Waals surface area (Å²) >= 11 is 0. The van der Waals surface area contributed by atoms with Gasteiger partial charge in [0.2, 0.25) is 0 Å². The number of halogens is 1. The number of nitrogens with zero attached hydrogens (tertiary/aromatic N) is 2. The van der Waals surface area contributed by atoms with Crippen LogP contribution in [0.2, 0.25) is 0 Å². The molecular formula is C19H20FN3O5. The van der Waals surface area contributed by atoms with Crippen LogP contribution in [0.1, 0.15) is 16.8 Å². The minimum Gasteiger partial charge on any atom is -0.510 e. The van der Waals surface area contributed by atoms with Crippen LogP contribution in [0.3, 0.4) is 0 Å². The van der Waals surface area contributed by atoms with Crippen LogP contribution in [0.5, 0.6) is 0 Å². The molecule has 0 unspecified atom stereocenters. The fraction of sp³-hybridized carbons (Fsp3) is 0.316. The van der Waals surface area contributed by atoms with Gasteiger partial charge in [-0.2, -0.15) is 0 Å². The second-order valence-electron chi connectivity index (χ2n) is 6.39. The van der Waals surface area contributed by atoms with Crippen molar-refractivity contribution in [2.45, 2.75) is 6.42 Å². The molecule has 1 aromatic rings. The summed E-state index contributed by atoms with van der Waals surface area (Å²) in [5.74, 6) is -2.42. The maximum atomic E-state index is 12.9. The number of methoxy groups -OCH3 is 1. The number of fused-ring (bicyclic) bond motifs is 1. The number of carbonyl (C=O) groups is 3. The van der Waals surface area contributed by atoms with Gasteiger partial charge in [-0.15, -0.1) is 0 Å². The number of hydrogen-bond donors (Lipinski definition) is 2. The summed E-state index contributed by atoms with van der Waals surface area (Å²) in [7, 11) is 1.54. The van der Waals surface area contributed by atoms with Gasteiger partial charge in [0.1, 0.15) is 17.3 Å². The minimum absolute atomic E-state index is 0.128. The predicted octanol–water partition coefficient (Wildman–Crippen LogP) is 0.930. The fourth-order valence-corrected chi connectivity index (χ4v) is 3.04. The first-order valence-corrected chi connectivity index (χ1v) is 8.69. The first-order chi connectivity index (χ1) is 13.4. The molecular weight excluding hydrogens is 369 g/mol. The molecule has 1 saturated heterocycles. The lowest BCUT2D eigenvalue weighted by Gasteiger charge is -2.38. The average molecular weight is 389 g/mol. The molecule has 3 amide bonds. The lowest BCUT2D eigenvalue weighted by atomic mass is 10.0. The van der Waals surface area contributed by atoms with Crippen molar-refractivity contribution < 1.29 is 28.6 Å². The molecule has 148 valence electrons. The number of ether oxygens (including phenoxy) is 1. The third-order valence-corrected chi connectivity index (χ3v) is 4.52. The van der Waals surface area contributed by atoms with Gasteiger partial charge in [0.05, 0.1) is 6.61 Å². The number of aliphatic hydroxyl groups is 1. The van der Waals surface area contributed by atoms with E-state index in [-0.39, 0.29) is 34.9 Å². The monoisotopic (exact) mass is 389 g/mol. The number of hydrogen-bond acceptors (Lipinski definition) is 6. The van der Waals surface area contributed by atoms with Crippen molar-refractivity contribution in [2.75, 3.05) is 33.4 Å². The highest BCUT2D eigenvalue weighted by atomic mass is 19.1. The molecule has 1 fully saturated rings. The summed E-state index contributed by atoms with van der Waals surface area (Å²) in [5, 5.41) is 12.5. The van der Waals surface area contributed by atoms with Gasteiger partial charge in [0.15, 0.2) is 0 Å². The topological polar surface area (TPSA) is 99.2 Å². The molecule has 0 saturated carbocycles. The highest BCUT2D eigenvalue weighted by Crippen LogP contribution is 2.27. The van der Waals surface area contributed by atoms with Crippen molar-refractivity contribution in [2.24, 2.45) is 0 Å². The molecule has 0 spiro atoms. The zero-order valence-corrected chi connectivity index (χ0v) is 15.3. The van der Waals surface area contributed by atoms with E-state index < -0.39 is 17.6 Å². The Bertz CT molecular complexity index is 863. The van der Waals surface area contributed by atoms with E-state index in [0.29, 0.717) is 26.2 Å². The molecule has 9 heteroatoms. The van der Waals surface area contributed by atoms with Gasteiger partial charge in [-0.3, -0.25) is 19.7 Å². The van der Waals surface area contributed by atoms with Crippen LogP contribution in [0, 0.1) is 5.82 Å². The summed E-state index contributed by atoms with van der Waals surface area (Å²) < 4.78 is 17.9. The van der Waals surface area contributed by atoms with E-state index in [2.05, 4.69) is 5.32 Å². The Morgan fingerprint density at radius 3 is 2.61 bits per heavy atom. The van der Waals surface area contributed by atoms with Crippen LogP contribution in [0.15, 0.2) is 47.5 Å². The van der Waals surface area contributed by atoms with Crippen molar-refractivity contribution >= 4 is 17.7 Å². The standard InChI is InChI=1S/C19H20FN3O5/c1-28-9-8-22-6-7-23-11-13(10-15(24)16(23)19(22)27)18(26)21-17(25)12-2-4-14(20)5-3-12/h2-5,11,24H,6-10H2,1H3,(H,21,25,26). The van der Waals surface area contributed by atoms with E-state index in [1.54, 1.807) is 12.0 Å². The summed E-state index contributed by atoms with van der Waals surface area (Å²) in [4.78, 5) is 40.2. The number of amides is 3. The Balaban J connectivity index is 1.69. The minimum atomic E-state index is -0.686. The largest absolute Gasteiger partial charge is 0.510 e. The van der Waals surface area contributed by atoms with Gasteiger partial charge < -0.3 is 19.6 Å². The molecule has 3 rings (SSSR count). The number of nitrogens with one attached hydrogen (secondary N) is 1. The SMILES string of the molecule is COCCN1CCN2C=C(C(=O)NC(=O)c3ccc(F)cc3)CC(O)=C2C1=O. The van der Waals surface area contributed by atoms with E-state index in [9.17, 15) is 23.9 Å². The molecule has 0 radical (unpaired) electrons. The molecule has 0 bridgehead atoms. The quantitative estimate of drug-likeness (QED) is 0.727. The van der Waals surface area contributed by atoms with Gasteiger partial charge in [-0.25, -0.2) is 4.39 Å². The van der Waals surface area contributed by atoms with Crippen LogP contribution in [0.25, 0.3) is 0 Å². The predicted molar refractivity (Wildman–Crippen MR) is 96.4 cm³/mol. The number of allylic oxidation sites excluding steroid dienone is 1. The number of piperazine rings is 1. The lowest BCUT2D eigenvalue weighted by Crippen LogP contribution is -2.49. The second-order valence-corrected chi connectivity index (χ2v) is 6.39. The molecule has 1 aromatic carbocycles. The highest BCUT2D eigenvalue weighted by molar-refractivity contribution is 6.10. The molecule has 2 N–H and O–H groups in total. The molecule has 2 heterocycles. The van der Waals surface area contributed by atoms with Gasteiger partial charge in [0.25, 0.3) is 17.7 Å². The van der Waals surface area contributed by atoms with Crippen molar-refractivity contribution in [3.8, 4) is 0 Å². The van der Waals surface area contributed by atoms with Crippen molar-refractivity contribution in [3.63, 3.8) is 0 Å². The van der Waals surface area contributed by atoms with Crippen LogP contribution in [0.4, 0.5) is 4.39 Å². The Kier molecular flexibility index (Phi) is 5.74. The van der Waals surface area contributed by atoms with Crippen molar-refractivity contribution in [1.82, 2.24) is 15.1 Å². The Hall–Kier alpha value is -3.20. The van der Waals surface area contributed by atoms with Gasteiger partial charge in [-0.1, -0.05) is 0 Å². The smallest absolute Gasteiger partial charge is 0.274 e. The molecule has 2 aliphatic heterocycles. The van der Waals surface area contributed by atoms with Crippen molar-refractivity contribution in [1.29, 1.82) is 0 Å². The zero-order chi connectivity index (χ0) is 20.3. The third-order valence-electron chi connectivity index (χ3n) is 4.52. The van der Waals surface area contributed by atoms with Gasteiger partial charge in [-0.05, 0) is 24.3 Å². The fourth-order valence-electron chi connectivity index (χ4n) is 3.04. The van der Waals surface area contributed by atoms with E-state index >= 15 is 0 Å². The van der Waals surface area contributed by atoms with E-state index in [1.165, 1.54) is 23.2 Å². The maximum absolute atomic E-state index is 12.9. The van der Waals surface area contributed by atoms with Gasteiger partial charge >= 0.3 is 0 Å². The summed E-state index contributed by atoms with van der Waals surface area (Å²) in [6.07, 6.45) is 1.30. The highest BCUT2D eigenvalue weighted by Gasteiger charge is 2.35. The first-order valence-electron chi connectivity index (χ1n) is 8.69. The van der Waals surface area contributed by atoms with Crippen molar-refractivity contribution in [3.05, 3.63) is 58.9 Å². The van der Waals surface area contributed by atoms with Crippen LogP contribution >= 0.6 is 0 Å². The third kappa shape index (κ3) is 4.04. The normalized spacial score (nSPS) is 16.6. The van der Waals surface area contributed by atoms with E-state index in [0.717, 1.165) is 12.1 Å². The van der Waals surface area contributed by atoms with Crippen LogP contribution in [-0.4, -0.2) is 66.0 Å². The van der Waals surface area contributed by atoms with E-state index in [1.807, 2.05) is 0 Å². The van der Waals surface area contributed by atoms with Crippen LogP contribution in [-0.2, 0) is 14.3 Å². The number of aliphatic hydroxyl groups excluding tert-OH is 1. The molecule has 0 aliphatic carbocycles. The number of carbonyl (C=O) groups excluding carboxylic acids is 3. The maximum Gasteiger partial charge on any atom is 0.274 e. The first kappa shape index (κ1) is 19.6. The number of benzene rings is 1. The van der Waals surface area contributed by atoms with Gasteiger partial charge in [0, 0.05) is 50.5 Å². The van der Waals surface area contributed by atoms with E-state index in [4.69, 9.17) is 4.74 Å². The Morgan fingerprint density at radius 1 is 1.21 bits per heavy atom. The molecule has 0 atom stereocenters. The second kappa shape index (κ2) is 8.22. The lowest BCUT2D eigenvalue weighted by molar-refractivity contribution is -0.132. The molecule has 2 aliphatic rings. The summed E-state index contributed by atoms with van der Waals surface area (Å²) in [6.45, 7) is 1.61.